The lowest BCUT2D eigenvalue weighted by Crippen LogP contribution is -2.22. The molecule has 0 amide bonds. The van der Waals surface area contributed by atoms with E-state index in [9.17, 15) is 0 Å². The highest BCUT2D eigenvalue weighted by molar-refractivity contribution is 5.91. The average molecular weight is 309 g/mol. The fourth-order valence-corrected chi connectivity index (χ4v) is 2.69. The summed E-state index contributed by atoms with van der Waals surface area (Å²) in [6.45, 7) is 12.3. The molecule has 0 aliphatic rings. The van der Waals surface area contributed by atoms with Gasteiger partial charge in [0.25, 0.3) is 0 Å². The van der Waals surface area contributed by atoms with E-state index in [1.165, 1.54) is 29.3 Å². The molecule has 0 N–H and O–H groups in total. The van der Waals surface area contributed by atoms with E-state index in [1.54, 1.807) is 0 Å². The summed E-state index contributed by atoms with van der Waals surface area (Å²) in [4.78, 5) is 2.24. The predicted molar refractivity (Wildman–Crippen MR) is 102 cm³/mol. The highest BCUT2D eigenvalue weighted by atomic mass is 16.5. The van der Waals surface area contributed by atoms with Crippen LogP contribution in [-0.4, -0.2) is 19.7 Å². The zero-order valence-electron chi connectivity index (χ0n) is 14.1. The molecule has 0 atom stereocenters. The van der Waals surface area contributed by atoms with Crippen LogP contribution in [0.15, 0.2) is 61.7 Å². The summed E-state index contributed by atoms with van der Waals surface area (Å²) in [5, 5.41) is 2.37. The molecule has 2 nitrogen and oxygen atoms in total. The second-order valence-electron chi connectivity index (χ2n) is 5.70. The van der Waals surface area contributed by atoms with Crippen molar-refractivity contribution >= 4 is 16.5 Å². The van der Waals surface area contributed by atoms with Crippen molar-refractivity contribution in [1.82, 2.24) is 0 Å². The first-order valence-electron chi connectivity index (χ1n) is 8.42. The highest BCUT2D eigenvalue weighted by Crippen LogP contribution is 2.30. The number of ether oxygens (including phenoxy) is 1. The third-order valence-electron chi connectivity index (χ3n) is 3.90. The Morgan fingerprint density at radius 1 is 1.04 bits per heavy atom. The first kappa shape index (κ1) is 17.1. The molecular weight excluding hydrogens is 282 g/mol. The average Bonchev–Trinajstić information content (AvgIpc) is 2.58. The Morgan fingerprint density at radius 3 is 2.52 bits per heavy atom. The van der Waals surface area contributed by atoms with Gasteiger partial charge >= 0.3 is 0 Å². The van der Waals surface area contributed by atoms with E-state index in [0.29, 0.717) is 0 Å². The molecule has 0 bridgehead atoms. The molecule has 0 unspecified atom stereocenters. The summed E-state index contributed by atoms with van der Waals surface area (Å²) in [6.07, 6.45) is 7.36. The number of benzene rings is 2. The van der Waals surface area contributed by atoms with Gasteiger partial charge in [-0.1, -0.05) is 50.1 Å². The first-order chi connectivity index (χ1) is 11.3. The quantitative estimate of drug-likeness (QED) is 0.419. The summed E-state index contributed by atoms with van der Waals surface area (Å²) < 4.78 is 6.02. The number of anilines is 1. The van der Waals surface area contributed by atoms with Gasteiger partial charge in [-0.3, -0.25) is 0 Å². The van der Waals surface area contributed by atoms with Crippen LogP contribution in [-0.2, 0) is 0 Å². The van der Waals surface area contributed by atoms with Crippen molar-refractivity contribution in [2.24, 2.45) is 0 Å². The minimum Gasteiger partial charge on any atom is -0.493 e. The Labute approximate surface area is 140 Å². The number of unbranched alkanes of at least 4 members (excludes halogenated alkanes) is 2. The molecular formula is C21H27NO. The third-order valence-corrected chi connectivity index (χ3v) is 3.90. The Kier molecular flexibility index (Phi) is 6.74. The molecule has 2 heteroatoms. The van der Waals surface area contributed by atoms with E-state index in [1.807, 2.05) is 12.2 Å². The Bertz CT molecular complexity index is 637. The van der Waals surface area contributed by atoms with Gasteiger partial charge < -0.3 is 9.64 Å². The van der Waals surface area contributed by atoms with Crippen LogP contribution in [0.4, 0.5) is 5.69 Å². The van der Waals surface area contributed by atoms with E-state index >= 15 is 0 Å². The lowest BCUT2D eigenvalue weighted by molar-refractivity contribution is 0.310. The molecule has 2 aromatic rings. The lowest BCUT2D eigenvalue weighted by Gasteiger charge is -2.22. The van der Waals surface area contributed by atoms with Crippen molar-refractivity contribution in [2.75, 3.05) is 24.6 Å². The second kappa shape index (κ2) is 9.04. The molecule has 0 saturated heterocycles. The van der Waals surface area contributed by atoms with Crippen LogP contribution >= 0.6 is 0 Å². The summed E-state index contributed by atoms with van der Waals surface area (Å²) in [6, 6.07) is 12.8. The highest BCUT2D eigenvalue weighted by Gasteiger charge is 2.07. The molecule has 0 heterocycles. The molecule has 0 aliphatic carbocycles. The SMILES string of the molecule is C=CCN(CC=C)c1ccc2cccc(OCCCCC)c2c1. The maximum atomic E-state index is 6.02. The van der Waals surface area contributed by atoms with Gasteiger partial charge in [-0.25, -0.2) is 0 Å². The zero-order valence-corrected chi connectivity index (χ0v) is 14.1. The monoisotopic (exact) mass is 309 g/mol. The predicted octanol–water partition coefficient (Wildman–Crippen LogP) is 5.59. The molecule has 0 aliphatic heterocycles. The van der Waals surface area contributed by atoms with Crippen LogP contribution < -0.4 is 9.64 Å². The van der Waals surface area contributed by atoms with E-state index in [2.05, 4.69) is 61.4 Å². The maximum Gasteiger partial charge on any atom is 0.127 e. The molecule has 0 spiro atoms. The van der Waals surface area contributed by atoms with Crippen LogP contribution in [0, 0.1) is 0 Å². The van der Waals surface area contributed by atoms with Gasteiger partial charge in [0.05, 0.1) is 6.61 Å². The van der Waals surface area contributed by atoms with E-state index in [-0.39, 0.29) is 0 Å². The van der Waals surface area contributed by atoms with Crippen molar-refractivity contribution < 1.29 is 4.74 Å². The smallest absolute Gasteiger partial charge is 0.127 e. The number of fused-ring (bicyclic) bond motifs is 1. The Hall–Kier alpha value is -2.22. The lowest BCUT2D eigenvalue weighted by atomic mass is 10.1. The fraction of sp³-hybridized carbons (Fsp3) is 0.333. The number of hydrogen-bond donors (Lipinski definition) is 0. The van der Waals surface area contributed by atoms with Gasteiger partial charge in [-0.2, -0.15) is 0 Å². The minimum atomic E-state index is 0.778. The van der Waals surface area contributed by atoms with Crippen LogP contribution in [0.2, 0.25) is 0 Å². The summed E-state index contributed by atoms with van der Waals surface area (Å²) in [5.74, 6) is 0.970. The molecule has 2 aromatic carbocycles. The largest absolute Gasteiger partial charge is 0.493 e. The molecule has 0 saturated carbocycles. The van der Waals surface area contributed by atoms with Crippen molar-refractivity contribution in [2.45, 2.75) is 26.2 Å². The van der Waals surface area contributed by atoms with Crippen molar-refractivity contribution in [3.8, 4) is 5.75 Å². The van der Waals surface area contributed by atoms with Crippen molar-refractivity contribution in [3.63, 3.8) is 0 Å². The van der Waals surface area contributed by atoms with E-state index in [0.717, 1.165) is 31.9 Å². The second-order valence-corrected chi connectivity index (χ2v) is 5.70. The molecule has 0 fully saturated rings. The summed E-state index contributed by atoms with van der Waals surface area (Å²) >= 11 is 0. The number of nitrogens with zero attached hydrogens (tertiary/aromatic N) is 1. The van der Waals surface area contributed by atoms with Gasteiger partial charge in [0, 0.05) is 24.2 Å². The zero-order chi connectivity index (χ0) is 16.5. The molecule has 122 valence electrons. The standard InChI is InChI=1S/C21H27NO/c1-4-7-8-16-23-21-11-9-10-18-12-13-19(17-20(18)21)22(14-5-2)15-6-3/h5-6,9-13,17H,2-4,7-8,14-16H2,1H3. The topological polar surface area (TPSA) is 12.5 Å². The third kappa shape index (κ3) is 4.62. The fourth-order valence-electron chi connectivity index (χ4n) is 2.69. The van der Waals surface area contributed by atoms with Gasteiger partial charge in [0.1, 0.15) is 5.75 Å². The number of rotatable bonds is 10. The van der Waals surface area contributed by atoms with Crippen molar-refractivity contribution in [3.05, 3.63) is 61.7 Å². The maximum absolute atomic E-state index is 6.02. The van der Waals surface area contributed by atoms with Crippen LogP contribution in [0.1, 0.15) is 26.2 Å². The van der Waals surface area contributed by atoms with Crippen LogP contribution in [0.3, 0.4) is 0 Å². The molecule has 0 aromatic heterocycles. The van der Waals surface area contributed by atoms with E-state index in [4.69, 9.17) is 4.74 Å². The molecule has 0 radical (unpaired) electrons. The first-order valence-corrected chi connectivity index (χ1v) is 8.42. The van der Waals surface area contributed by atoms with Gasteiger partial charge in [-0.05, 0) is 30.0 Å². The van der Waals surface area contributed by atoms with Crippen molar-refractivity contribution in [1.29, 1.82) is 0 Å². The Morgan fingerprint density at radius 2 is 1.83 bits per heavy atom. The molecule has 2 rings (SSSR count). The summed E-state index contributed by atoms with van der Waals surface area (Å²) in [7, 11) is 0. The van der Waals surface area contributed by atoms with Gasteiger partial charge in [-0.15, -0.1) is 13.2 Å². The molecule has 23 heavy (non-hydrogen) atoms. The number of hydrogen-bond acceptors (Lipinski definition) is 2. The van der Waals surface area contributed by atoms with Crippen LogP contribution in [0.25, 0.3) is 10.8 Å². The Balaban J connectivity index is 2.28. The summed E-state index contributed by atoms with van der Waals surface area (Å²) in [5.41, 5.74) is 1.17. The van der Waals surface area contributed by atoms with Gasteiger partial charge in [0.2, 0.25) is 0 Å². The van der Waals surface area contributed by atoms with Crippen LogP contribution in [0.5, 0.6) is 5.75 Å². The minimum absolute atomic E-state index is 0.778. The van der Waals surface area contributed by atoms with E-state index < -0.39 is 0 Å². The normalized spacial score (nSPS) is 10.5. The van der Waals surface area contributed by atoms with Gasteiger partial charge in [0.15, 0.2) is 0 Å².